The fourth-order valence-electron chi connectivity index (χ4n) is 1.87. The Morgan fingerprint density at radius 2 is 2.05 bits per heavy atom. The van der Waals surface area contributed by atoms with Crippen LogP contribution >= 0.6 is 11.8 Å². The van der Waals surface area contributed by atoms with E-state index in [1.807, 2.05) is 44.2 Å². The van der Waals surface area contributed by atoms with Gasteiger partial charge < -0.3 is 11.1 Å². The standard InChI is InChI=1S/C15H18N4OS/c1-10-8-13(16)19-15(17-10)21-9-14(20)18-11(2)12-6-4-3-5-7-12/h3-8,11H,9H2,1-2H3,(H,18,20)(H2,16,17,19)/t11-/m1/s1. The van der Waals surface area contributed by atoms with Crippen molar-refractivity contribution in [3.63, 3.8) is 0 Å². The molecule has 2 aromatic rings. The summed E-state index contributed by atoms with van der Waals surface area (Å²) < 4.78 is 0. The molecule has 0 unspecified atom stereocenters. The van der Waals surface area contributed by atoms with Crippen molar-refractivity contribution in [1.29, 1.82) is 0 Å². The van der Waals surface area contributed by atoms with Crippen LogP contribution in [0, 0.1) is 6.92 Å². The Labute approximate surface area is 128 Å². The molecule has 1 aromatic carbocycles. The molecule has 21 heavy (non-hydrogen) atoms. The number of hydrogen-bond donors (Lipinski definition) is 2. The molecule has 110 valence electrons. The van der Waals surface area contributed by atoms with Gasteiger partial charge in [-0.25, -0.2) is 9.97 Å². The van der Waals surface area contributed by atoms with Crippen LogP contribution in [-0.2, 0) is 4.79 Å². The SMILES string of the molecule is Cc1cc(N)nc(SCC(=O)N[C@H](C)c2ccccc2)n1. The van der Waals surface area contributed by atoms with Crippen LogP contribution in [0.5, 0.6) is 0 Å². The van der Waals surface area contributed by atoms with Crippen molar-refractivity contribution < 1.29 is 4.79 Å². The highest BCUT2D eigenvalue weighted by atomic mass is 32.2. The Kier molecular flexibility index (Phi) is 5.16. The Morgan fingerprint density at radius 1 is 1.33 bits per heavy atom. The number of carbonyl (C=O) groups excluding carboxylic acids is 1. The first-order valence-electron chi connectivity index (χ1n) is 6.63. The monoisotopic (exact) mass is 302 g/mol. The molecule has 5 nitrogen and oxygen atoms in total. The van der Waals surface area contributed by atoms with E-state index >= 15 is 0 Å². The Morgan fingerprint density at radius 3 is 2.71 bits per heavy atom. The van der Waals surface area contributed by atoms with Crippen molar-refractivity contribution in [2.75, 3.05) is 11.5 Å². The molecular weight excluding hydrogens is 284 g/mol. The summed E-state index contributed by atoms with van der Waals surface area (Å²) in [5.41, 5.74) is 7.53. The molecule has 0 radical (unpaired) electrons. The van der Waals surface area contributed by atoms with Gasteiger partial charge in [0, 0.05) is 11.8 Å². The summed E-state index contributed by atoms with van der Waals surface area (Å²) in [4.78, 5) is 20.3. The highest BCUT2D eigenvalue weighted by molar-refractivity contribution is 7.99. The van der Waals surface area contributed by atoms with E-state index < -0.39 is 0 Å². The molecule has 3 N–H and O–H groups in total. The predicted octanol–water partition coefficient (Wildman–Crippen LogP) is 2.34. The number of aromatic nitrogens is 2. The third kappa shape index (κ3) is 4.75. The van der Waals surface area contributed by atoms with Gasteiger partial charge in [0.15, 0.2) is 5.16 Å². The Balaban J connectivity index is 1.87. The van der Waals surface area contributed by atoms with Crippen LogP contribution in [0.3, 0.4) is 0 Å². The summed E-state index contributed by atoms with van der Waals surface area (Å²) in [6.07, 6.45) is 0. The summed E-state index contributed by atoms with van der Waals surface area (Å²) in [5, 5.41) is 3.47. The lowest BCUT2D eigenvalue weighted by Crippen LogP contribution is -2.28. The van der Waals surface area contributed by atoms with Gasteiger partial charge in [-0.3, -0.25) is 4.79 Å². The number of nitrogens with one attached hydrogen (secondary N) is 1. The summed E-state index contributed by atoms with van der Waals surface area (Å²) in [6, 6.07) is 11.5. The molecule has 0 saturated heterocycles. The maximum atomic E-state index is 12.0. The molecule has 0 aliphatic rings. The lowest BCUT2D eigenvalue weighted by atomic mass is 10.1. The van der Waals surface area contributed by atoms with E-state index in [2.05, 4.69) is 15.3 Å². The van der Waals surface area contributed by atoms with Gasteiger partial charge >= 0.3 is 0 Å². The average Bonchev–Trinajstić information content (AvgIpc) is 2.45. The summed E-state index contributed by atoms with van der Waals surface area (Å²) >= 11 is 1.28. The quantitative estimate of drug-likeness (QED) is 0.654. The molecule has 1 aromatic heterocycles. The van der Waals surface area contributed by atoms with Crippen molar-refractivity contribution in [1.82, 2.24) is 15.3 Å². The van der Waals surface area contributed by atoms with Gasteiger partial charge in [0.2, 0.25) is 5.91 Å². The van der Waals surface area contributed by atoms with Crippen LogP contribution in [0.1, 0.15) is 24.2 Å². The van der Waals surface area contributed by atoms with Gasteiger partial charge in [-0.1, -0.05) is 42.1 Å². The number of anilines is 1. The van der Waals surface area contributed by atoms with Gasteiger partial charge in [-0.2, -0.15) is 0 Å². The number of aryl methyl sites for hydroxylation is 1. The molecule has 0 aliphatic heterocycles. The van der Waals surface area contributed by atoms with Crippen molar-refractivity contribution in [3.05, 3.63) is 47.7 Å². The topological polar surface area (TPSA) is 80.9 Å². The fraction of sp³-hybridized carbons (Fsp3) is 0.267. The second kappa shape index (κ2) is 7.08. The zero-order chi connectivity index (χ0) is 15.2. The normalized spacial score (nSPS) is 11.9. The first kappa shape index (κ1) is 15.3. The minimum atomic E-state index is -0.0555. The average molecular weight is 302 g/mol. The van der Waals surface area contributed by atoms with Crippen molar-refractivity contribution in [2.45, 2.75) is 25.0 Å². The summed E-state index contributed by atoms with van der Waals surface area (Å²) in [7, 11) is 0. The van der Waals surface area contributed by atoms with Crippen molar-refractivity contribution in [3.8, 4) is 0 Å². The highest BCUT2D eigenvalue weighted by Gasteiger charge is 2.10. The van der Waals surface area contributed by atoms with E-state index in [1.165, 1.54) is 11.8 Å². The van der Waals surface area contributed by atoms with E-state index in [4.69, 9.17) is 5.73 Å². The maximum Gasteiger partial charge on any atom is 0.230 e. The fourth-order valence-corrected chi connectivity index (χ4v) is 2.59. The number of amides is 1. The zero-order valence-electron chi connectivity index (χ0n) is 12.0. The van der Waals surface area contributed by atoms with Gasteiger partial charge in [-0.15, -0.1) is 0 Å². The first-order chi connectivity index (χ1) is 10.0. The summed E-state index contributed by atoms with van der Waals surface area (Å²) in [6.45, 7) is 3.80. The third-order valence-corrected chi connectivity index (χ3v) is 3.71. The minimum Gasteiger partial charge on any atom is -0.384 e. The van der Waals surface area contributed by atoms with Crippen LogP contribution in [0.15, 0.2) is 41.6 Å². The van der Waals surface area contributed by atoms with E-state index in [0.717, 1.165) is 11.3 Å². The predicted molar refractivity (Wildman–Crippen MR) is 84.9 cm³/mol. The van der Waals surface area contributed by atoms with Crippen LogP contribution in [0.2, 0.25) is 0 Å². The second-order valence-electron chi connectivity index (χ2n) is 4.71. The molecule has 1 heterocycles. The smallest absolute Gasteiger partial charge is 0.230 e. The van der Waals surface area contributed by atoms with Crippen LogP contribution < -0.4 is 11.1 Å². The number of thioether (sulfide) groups is 1. The van der Waals surface area contributed by atoms with Crippen LogP contribution in [0.4, 0.5) is 5.82 Å². The molecule has 0 saturated carbocycles. The molecule has 0 fully saturated rings. The lowest BCUT2D eigenvalue weighted by molar-refractivity contribution is -0.119. The van der Waals surface area contributed by atoms with Gasteiger partial charge in [-0.05, 0) is 19.4 Å². The Hall–Kier alpha value is -2.08. The van der Waals surface area contributed by atoms with Gasteiger partial charge in [0.05, 0.1) is 11.8 Å². The minimum absolute atomic E-state index is 0.0252. The zero-order valence-corrected chi connectivity index (χ0v) is 12.9. The Bertz CT molecular complexity index is 598. The molecule has 2 rings (SSSR count). The van der Waals surface area contributed by atoms with Gasteiger partial charge in [0.1, 0.15) is 5.82 Å². The van der Waals surface area contributed by atoms with Crippen LogP contribution in [-0.4, -0.2) is 21.6 Å². The van der Waals surface area contributed by atoms with E-state index in [9.17, 15) is 4.79 Å². The number of benzene rings is 1. The van der Waals surface area contributed by atoms with E-state index in [1.54, 1.807) is 6.07 Å². The largest absolute Gasteiger partial charge is 0.384 e. The number of hydrogen-bond acceptors (Lipinski definition) is 5. The number of rotatable bonds is 5. The lowest BCUT2D eigenvalue weighted by Gasteiger charge is -2.13. The maximum absolute atomic E-state index is 12.0. The molecule has 0 aliphatic carbocycles. The molecule has 6 heteroatoms. The van der Waals surface area contributed by atoms with E-state index in [-0.39, 0.29) is 17.7 Å². The molecule has 0 bridgehead atoms. The number of nitrogen functional groups attached to an aromatic ring is 1. The highest BCUT2D eigenvalue weighted by Crippen LogP contribution is 2.16. The van der Waals surface area contributed by atoms with Gasteiger partial charge in [0.25, 0.3) is 0 Å². The third-order valence-electron chi connectivity index (χ3n) is 2.86. The summed E-state index contributed by atoms with van der Waals surface area (Å²) in [5.74, 6) is 0.628. The van der Waals surface area contributed by atoms with E-state index in [0.29, 0.717) is 11.0 Å². The molecule has 1 atom stereocenters. The number of carbonyl (C=O) groups is 1. The number of nitrogens with zero attached hydrogens (tertiary/aromatic N) is 2. The molecular formula is C15H18N4OS. The molecule has 1 amide bonds. The molecule has 0 spiro atoms. The second-order valence-corrected chi connectivity index (χ2v) is 5.65. The number of nitrogens with two attached hydrogens (primary N) is 1. The van der Waals surface area contributed by atoms with Crippen molar-refractivity contribution in [2.24, 2.45) is 0 Å². The van der Waals surface area contributed by atoms with Crippen molar-refractivity contribution >= 4 is 23.5 Å². The first-order valence-corrected chi connectivity index (χ1v) is 7.61. The van der Waals surface area contributed by atoms with Crippen LogP contribution in [0.25, 0.3) is 0 Å².